The molecule has 0 amide bonds. The van der Waals surface area contributed by atoms with Crippen LogP contribution in [0.15, 0.2) is 188 Å². The molecule has 0 bridgehead atoms. The molecule has 0 aliphatic heterocycles. The normalized spacial score (nSPS) is 10.7. The van der Waals surface area contributed by atoms with Gasteiger partial charge in [0, 0.05) is 0 Å². The monoisotopic (exact) mass is 672 g/mol. The summed E-state index contributed by atoms with van der Waals surface area (Å²) in [6, 6.07) is 67.0. The van der Waals surface area contributed by atoms with Gasteiger partial charge >= 0.3 is 0 Å². The molecule has 0 spiro atoms. The predicted octanol–water partition coefficient (Wildman–Crippen LogP) is 14.7. The molecular formula is C52H48. The second-order valence-corrected chi connectivity index (χ2v) is 13.1. The summed E-state index contributed by atoms with van der Waals surface area (Å²) in [5, 5.41) is 2.68. The molecule has 8 aromatic rings. The van der Waals surface area contributed by atoms with E-state index in [0.29, 0.717) is 0 Å². The fourth-order valence-corrected chi connectivity index (χ4v) is 6.78. The Balaban J connectivity index is 0.000000136. The van der Waals surface area contributed by atoms with Crippen molar-refractivity contribution in [2.24, 2.45) is 0 Å². The number of hydrogen-bond donors (Lipinski definition) is 0. The van der Waals surface area contributed by atoms with Crippen molar-refractivity contribution in [1.29, 1.82) is 0 Å². The van der Waals surface area contributed by atoms with Crippen molar-refractivity contribution in [2.45, 2.75) is 41.0 Å². The van der Waals surface area contributed by atoms with E-state index in [2.05, 4.69) is 203 Å². The molecule has 1 aliphatic carbocycles. The summed E-state index contributed by atoms with van der Waals surface area (Å²) in [5.74, 6) is 0. The van der Waals surface area contributed by atoms with Crippen molar-refractivity contribution >= 4 is 10.8 Å². The molecule has 0 radical (unpaired) electrons. The van der Waals surface area contributed by atoms with Crippen LogP contribution >= 0.6 is 0 Å². The molecule has 52 heavy (non-hydrogen) atoms. The maximum atomic E-state index is 2.25. The molecule has 0 unspecified atom stereocenters. The van der Waals surface area contributed by atoms with Gasteiger partial charge in [-0.25, -0.2) is 0 Å². The summed E-state index contributed by atoms with van der Waals surface area (Å²) < 4.78 is 0. The second-order valence-electron chi connectivity index (χ2n) is 13.1. The van der Waals surface area contributed by atoms with E-state index in [1.54, 1.807) is 0 Å². The summed E-state index contributed by atoms with van der Waals surface area (Å²) in [6.45, 7) is 10.4. The van der Waals surface area contributed by atoms with Crippen LogP contribution in [0.5, 0.6) is 0 Å². The van der Waals surface area contributed by atoms with Crippen LogP contribution in [0, 0.1) is 20.8 Å². The van der Waals surface area contributed by atoms with Gasteiger partial charge in [-0.2, -0.15) is 0 Å². The molecular weight excluding hydrogens is 625 g/mol. The highest BCUT2D eigenvalue weighted by Gasteiger charge is 2.20. The van der Waals surface area contributed by atoms with E-state index in [4.69, 9.17) is 0 Å². The summed E-state index contributed by atoms with van der Waals surface area (Å²) in [5.41, 5.74) is 17.4. The van der Waals surface area contributed by atoms with E-state index in [9.17, 15) is 0 Å². The van der Waals surface area contributed by atoms with Gasteiger partial charge in [0.25, 0.3) is 0 Å². The lowest BCUT2D eigenvalue weighted by Gasteiger charge is -2.09. The Labute approximate surface area is 311 Å². The van der Waals surface area contributed by atoms with E-state index in [1.165, 1.54) is 83.1 Å². The largest absolute Gasteiger partial charge is 0.0683 e. The third kappa shape index (κ3) is 8.48. The Morgan fingerprint density at radius 1 is 0.327 bits per heavy atom. The number of aryl methyl sites for hydroxylation is 3. The molecule has 256 valence electrons. The highest BCUT2D eigenvalue weighted by molar-refractivity contribution is 5.86. The van der Waals surface area contributed by atoms with E-state index in [-0.39, 0.29) is 0 Å². The topological polar surface area (TPSA) is 0 Å². The summed E-state index contributed by atoms with van der Waals surface area (Å²) >= 11 is 0. The fourth-order valence-electron chi connectivity index (χ4n) is 6.78. The van der Waals surface area contributed by atoms with Crippen LogP contribution in [0.2, 0.25) is 0 Å². The molecule has 0 aromatic heterocycles. The number of fused-ring (bicyclic) bond motifs is 4. The smallest absolute Gasteiger partial charge is 0.000729 e. The maximum Gasteiger partial charge on any atom is -0.000729 e. The predicted molar refractivity (Wildman–Crippen MR) is 227 cm³/mol. The van der Waals surface area contributed by atoms with Gasteiger partial charge < -0.3 is 0 Å². The molecule has 9 rings (SSSR count). The van der Waals surface area contributed by atoms with Gasteiger partial charge in [0.15, 0.2) is 0 Å². The van der Waals surface area contributed by atoms with Crippen molar-refractivity contribution < 1.29 is 0 Å². The minimum absolute atomic E-state index is 1.05. The first-order chi connectivity index (χ1) is 25.5. The first-order valence-electron chi connectivity index (χ1n) is 18.5. The van der Waals surface area contributed by atoms with E-state index in [1.807, 2.05) is 19.9 Å². The zero-order valence-electron chi connectivity index (χ0n) is 31.1. The quantitative estimate of drug-likeness (QED) is 0.175. The zero-order valence-corrected chi connectivity index (χ0v) is 31.1. The van der Waals surface area contributed by atoms with E-state index < -0.39 is 0 Å². The average molecular weight is 673 g/mol. The lowest BCUT2D eigenvalue weighted by atomic mass is 9.95. The minimum Gasteiger partial charge on any atom is -0.0683 e. The van der Waals surface area contributed by atoms with Gasteiger partial charge in [0.05, 0.1) is 0 Å². The van der Waals surface area contributed by atoms with Crippen molar-refractivity contribution in [2.75, 3.05) is 0 Å². The number of benzene rings is 8. The summed E-state index contributed by atoms with van der Waals surface area (Å²) in [6.07, 6.45) is 1.05. The van der Waals surface area contributed by atoms with Crippen LogP contribution in [-0.4, -0.2) is 0 Å². The highest BCUT2D eigenvalue weighted by Crippen LogP contribution is 2.41. The molecule has 0 heterocycles. The highest BCUT2D eigenvalue weighted by atomic mass is 14.2. The molecule has 0 atom stereocenters. The lowest BCUT2D eigenvalue weighted by molar-refractivity contribution is 1.26. The third-order valence-electron chi connectivity index (χ3n) is 9.60. The van der Waals surface area contributed by atoms with Gasteiger partial charge in [0.1, 0.15) is 0 Å². The van der Waals surface area contributed by atoms with Crippen molar-refractivity contribution in [1.82, 2.24) is 0 Å². The van der Waals surface area contributed by atoms with Crippen LogP contribution in [0.4, 0.5) is 0 Å². The van der Waals surface area contributed by atoms with Gasteiger partial charge in [-0.15, -0.1) is 0 Å². The van der Waals surface area contributed by atoms with Crippen LogP contribution in [-0.2, 0) is 6.42 Å². The Morgan fingerprint density at radius 2 is 0.769 bits per heavy atom. The SMILES string of the molecule is CC.Cc1ccc(-c2ccc(-c3ccccc3)cc2)cc1.Cc1ccc(-c2cccc3c2Cc2ccccc2-3)cc1.Cc1cccc2ccccc12. The van der Waals surface area contributed by atoms with Gasteiger partial charge in [0.2, 0.25) is 0 Å². The van der Waals surface area contributed by atoms with Gasteiger partial charge in [-0.05, 0) is 99.2 Å². The van der Waals surface area contributed by atoms with Crippen molar-refractivity contribution in [3.63, 3.8) is 0 Å². The first kappa shape index (κ1) is 35.8. The van der Waals surface area contributed by atoms with Gasteiger partial charge in [-0.3, -0.25) is 0 Å². The van der Waals surface area contributed by atoms with E-state index >= 15 is 0 Å². The van der Waals surface area contributed by atoms with Crippen LogP contribution in [0.25, 0.3) is 55.3 Å². The number of hydrogen-bond acceptors (Lipinski definition) is 0. The Hall–Kier alpha value is -5.98. The van der Waals surface area contributed by atoms with Crippen LogP contribution in [0.1, 0.15) is 41.7 Å². The van der Waals surface area contributed by atoms with Gasteiger partial charge in [-0.1, -0.05) is 213 Å². The molecule has 8 aromatic carbocycles. The third-order valence-corrected chi connectivity index (χ3v) is 9.60. The lowest BCUT2D eigenvalue weighted by Crippen LogP contribution is -1.87. The zero-order chi connectivity index (χ0) is 36.3. The molecule has 1 aliphatic rings. The molecule has 0 saturated heterocycles. The molecule has 0 N–H and O–H groups in total. The molecule has 0 fully saturated rings. The standard InChI is InChI=1S/C20H16.C19H16.C11H10.C2H6/c1-14-9-11-15(12-10-14)17-7-4-8-19-18-6-3-2-5-16(18)13-20(17)19;1-15-7-9-17(10-8-15)19-13-11-18(12-14-19)16-5-3-2-4-6-16;1-9-5-4-7-10-6-2-3-8-11(9)10;1-2/h2-12H,13H2,1H3;2-14H,1H3;2-8H,1H3;1-2H3. The summed E-state index contributed by atoms with van der Waals surface area (Å²) in [7, 11) is 0. The number of rotatable bonds is 3. The van der Waals surface area contributed by atoms with Crippen LogP contribution < -0.4 is 0 Å². The Bertz CT molecular complexity index is 2320. The van der Waals surface area contributed by atoms with Crippen molar-refractivity contribution in [3.05, 3.63) is 216 Å². The molecule has 0 heteroatoms. The van der Waals surface area contributed by atoms with Crippen molar-refractivity contribution in [3.8, 4) is 44.5 Å². The minimum atomic E-state index is 1.05. The molecule has 0 saturated carbocycles. The summed E-state index contributed by atoms with van der Waals surface area (Å²) in [4.78, 5) is 0. The van der Waals surface area contributed by atoms with Crippen LogP contribution in [0.3, 0.4) is 0 Å². The maximum absolute atomic E-state index is 2.25. The fraction of sp³-hybridized carbons (Fsp3) is 0.115. The van der Waals surface area contributed by atoms with E-state index in [0.717, 1.165) is 6.42 Å². The Kier molecular flexibility index (Phi) is 11.9. The molecule has 0 nitrogen and oxygen atoms in total. The first-order valence-corrected chi connectivity index (χ1v) is 18.5. The average Bonchev–Trinajstić information content (AvgIpc) is 3.60. The Morgan fingerprint density at radius 3 is 1.40 bits per heavy atom. The second kappa shape index (κ2) is 17.3.